The van der Waals surface area contributed by atoms with Gasteiger partial charge in [0.2, 0.25) is 0 Å². The maximum absolute atomic E-state index is 12.7. The van der Waals surface area contributed by atoms with Crippen molar-refractivity contribution < 1.29 is 4.79 Å². The number of hydrogen-bond acceptors (Lipinski definition) is 2. The molecule has 3 heteroatoms. The molecule has 0 aliphatic heterocycles. The molecule has 1 N–H and O–H groups in total. The maximum atomic E-state index is 12.7. The van der Waals surface area contributed by atoms with Crippen LogP contribution < -0.4 is 5.32 Å². The zero-order valence-electron chi connectivity index (χ0n) is 15.3. The van der Waals surface area contributed by atoms with Gasteiger partial charge in [0.1, 0.15) is 0 Å². The lowest BCUT2D eigenvalue weighted by molar-refractivity contribution is 0.102. The molecule has 0 atom stereocenters. The van der Waals surface area contributed by atoms with Crippen LogP contribution in [0.2, 0.25) is 0 Å². The van der Waals surface area contributed by atoms with Gasteiger partial charge >= 0.3 is 0 Å². The smallest absolute Gasteiger partial charge is 0.255 e. The molecule has 26 heavy (non-hydrogen) atoms. The van der Waals surface area contributed by atoms with Crippen molar-refractivity contribution in [2.24, 2.45) is 0 Å². The molecule has 0 aliphatic rings. The van der Waals surface area contributed by atoms with Gasteiger partial charge in [-0.2, -0.15) is 0 Å². The fourth-order valence-electron chi connectivity index (χ4n) is 2.59. The molecular formula is C23H23NOS. The topological polar surface area (TPSA) is 29.1 Å². The number of carbonyl (C=O) groups is 1. The van der Waals surface area contributed by atoms with Gasteiger partial charge in [-0.05, 0) is 47.4 Å². The summed E-state index contributed by atoms with van der Waals surface area (Å²) in [6.45, 7) is 6.50. The highest BCUT2D eigenvalue weighted by Crippen LogP contribution is 2.33. The summed E-state index contributed by atoms with van der Waals surface area (Å²) >= 11 is 1.64. The van der Waals surface area contributed by atoms with Crippen LogP contribution in [-0.4, -0.2) is 5.91 Å². The fraction of sp³-hybridized carbons (Fsp3) is 0.174. The summed E-state index contributed by atoms with van der Waals surface area (Å²) in [5.41, 5.74) is 2.78. The summed E-state index contributed by atoms with van der Waals surface area (Å²) in [6.07, 6.45) is 0. The van der Waals surface area contributed by atoms with E-state index in [-0.39, 0.29) is 11.3 Å². The first kappa shape index (κ1) is 18.3. The summed E-state index contributed by atoms with van der Waals surface area (Å²) < 4.78 is 0. The first-order valence-corrected chi connectivity index (χ1v) is 9.49. The van der Waals surface area contributed by atoms with Gasteiger partial charge in [-0.15, -0.1) is 0 Å². The van der Waals surface area contributed by atoms with E-state index in [4.69, 9.17) is 0 Å². The largest absolute Gasteiger partial charge is 0.321 e. The molecule has 0 saturated heterocycles. The van der Waals surface area contributed by atoms with Crippen molar-refractivity contribution in [3.8, 4) is 0 Å². The van der Waals surface area contributed by atoms with E-state index in [9.17, 15) is 4.79 Å². The summed E-state index contributed by atoms with van der Waals surface area (Å²) in [5, 5.41) is 3.05. The van der Waals surface area contributed by atoms with E-state index in [1.807, 2.05) is 66.7 Å². The Bertz CT molecular complexity index is 880. The molecular weight excluding hydrogens is 338 g/mol. The van der Waals surface area contributed by atoms with Crippen LogP contribution in [0.5, 0.6) is 0 Å². The lowest BCUT2D eigenvalue weighted by atomic mass is 9.87. The second-order valence-electron chi connectivity index (χ2n) is 7.19. The predicted octanol–water partition coefficient (Wildman–Crippen LogP) is 6.39. The van der Waals surface area contributed by atoms with E-state index >= 15 is 0 Å². The van der Waals surface area contributed by atoms with Crippen LogP contribution in [-0.2, 0) is 5.41 Å². The number of carbonyl (C=O) groups excluding carboxylic acids is 1. The van der Waals surface area contributed by atoms with Gasteiger partial charge in [0, 0.05) is 15.4 Å². The van der Waals surface area contributed by atoms with E-state index in [0.717, 1.165) is 15.5 Å². The first-order valence-electron chi connectivity index (χ1n) is 8.67. The van der Waals surface area contributed by atoms with E-state index in [0.29, 0.717) is 5.56 Å². The molecule has 3 aromatic carbocycles. The molecule has 0 bridgehead atoms. The summed E-state index contributed by atoms with van der Waals surface area (Å²) in [4.78, 5) is 14.8. The fourth-order valence-corrected chi connectivity index (χ4v) is 3.51. The standard InChI is InChI=1S/C23H23NOS/c1-23(2,3)18-15-13-17(14-16-18)22(25)24-20-11-7-8-12-21(20)26-19-9-5-4-6-10-19/h4-16H,1-3H3,(H,24,25). The highest BCUT2D eigenvalue weighted by atomic mass is 32.2. The number of hydrogen-bond donors (Lipinski definition) is 1. The molecule has 1 amide bonds. The van der Waals surface area contributed by atoms with Crippen LogP contribution in [0.1, 0.15) is 36.7 Å². The maximum Gasteiger partial charge on any atom is 0.255 e. The summed E-state index contributed by atoms with van der Waals surface area (Å²) in [7, 11) is 0. The van der Waals surface area contributed by atoms with Crippen LogP contribution in [0.4, 0.5) is 5.69 Å². The molecule has 3 rings (SSSR count). The monoisotopic (exact) mass is 361 g/mol. The molecule has 0 saturated carbocycles. The van der Waals surface area contributed by atoms with Crippen molar-refractivity contribution in [1.82, 2.24) is 0 Å². The third kappa shape index (κ3) is 4.55. The number of amides is 1. The van der Waals surface area contributed by atoms with Crippen molar-refractivity contribution in [3.63, 3.8) is 0 Å². The minimum Gasteiger partial charge on any atom is -0.321 e. The second kappa shape index (κ2) is 7.79. The summed E-state index contributed by atoms with van der Waals surface area (Å²) in [5.74, 6) is -0.0911. The van der Waals surface area contributed by atoms with Crippen molar-refractivity contribution >= 4 is 23.4 Å². The lowest BCUT2D eigenvalue weighted by Crippen LogP contribution is -2.14. The highest BCUT2D eigenvalue weighted by molar-refractivity contribution is 7.99. The van der Waals surface area contributed by atoms with Crippen molar-refractivity contribution in [1.29, 1.82) is 0 Å². The normalized spacial score (nSPS) is 11.2. The first-order chi connectivity index (χ1) is 12.4. The highest BCUT2D eigenvalue weighted by Gasteiger charge is 2.15. The Morgan fingerprint density at radius 3 is 2.08 bits per heavy atom. The zero-order valence-corrected chi connectivity index (χ0v) is 16.1. The van der Waals surface area contributed by atoms with Gasteiger partial charge in [0.05, 0.1) is 5.69 Å². The molecule has 0 aromatic heterocycles. The van der Waals surface area contributed by atoms with Crippen molar-refractivity contribution in [3.05, 3.63) is 90.0 Å². The number of para-hydroxylation sites is 1. The molecule has 0 aliphatic carbocycles. The van der Waals surface area contributed by atoms with Crippen LogP contribution in [0.25, 0.3) is 0 Å². The van der Waals surface area contributed by atoms with Crippen molar-refractivity contribution in [2.75, 3.05) is 5.32 Å². The van der Waals surface area contributed by atoms with Crippen LogP contribution in [0.15, 0.2) is 88.7 Å². The molecule has 2 nitrogen and oxygen atoms in total. The minimum absolute atomic E-state index is 0.0773. The number of nitrogens with one attached hydrogen (secondary N) is 1. The third-order valence-electron chi connectivity index (χ3n) is 4.12. The number of benzene rings is 3. The van der Waals surface area contributed by atoms with Gasteiger partial charge in [-0.1, -0.05) is 75.0 Å². The van der Waals surface area contributed by atoms with Crippen LogP contribution >= 0.6 is 11.8 Å². The van der Waals surface area contributed by atoms with Gasteiger partial charge in [-0.3, -0.25) is 4.79 Å². The molecule has 132 valence electrons. The van der Waals surface area contributed by atoms with Gasteiger partial charge in [0.15, 0.2) is 0 Å². The Labute approximate surface area is 159 Å². The molecule has 0 spiro atoms. The summed E-state index contributed by atoms with van der Waals surface area (Å²) in [6, 6.07) is 25.9. The van der Waals surface area contributed by atoms with Crippen LogP contribution in [0, 0.1) is 0 Å². The van der Waals surface area contributed by atoms with E-state index < -0.39 is 0 Å². The molecule has 0 heterocycles. The average Bonchev–Trinajstić information content (AvgIpc) is 2.63. The Morgan fingerprint density at radius 2 is 1.42 bits per heavy atom. The van der Waals surface area contributed by atoms with Gasteiger partial charge in [0.25, 0.3) is 5.91 Å². The molecule has 0 unspecified atom stereocenters. The predicted molar refractivity (Wildman–Crippen MR) is 110 cm³/mol. The quantitative estimate of drug-likeness (QED) is 0.583. The van der Waals surface area contributed by atoms with Gasteiger partial charge < -0.3 is 5.32 Å². The van der Waals surface area contributed by atoms with Gasteiger partial charge in [-0.25, -0.2) is 0 Å². The van der Waals surface area contributed by atoms with Crippen LogP contribution in [0.3, 0.4) is 0 Å². The third-order valence-corrected chi connectivity index (χ3v) is 5.20. The lowest BCUT2D eigenvalue weighted by Gasteiger charge is -2.19. The van der Waals surface area contributed by atoms with E-state index in [1.54, 1.807) is 11.8 Å². The molecule has 0 radical (unpaired) electrons. The molecule has 0 fully saturated rings. The SMILES string of the molecule is CC(C)(C)c1ccc(C(=O)Nc2ccccc2Sc2ccccc2)cc1. The Kier molecular flexibility index (Phi) is 5.48. The van der Waals surface area contributed by atoms with E-state index in [1.165, 1.54) is 5.56 Å². The Hall–Kier alpha value is -2.52. The minimum atomic E-state index is -0.0911. The molecule has 3 aromatic rings. The van der Waals surface area contributed by atoms with Crippen molar-refractivity contribution in [2.45, 2.75) is 36.0 Å². The Balaban J connectivity index is 1.77. The van der Waals surface area contributed by atoms with E-state index in [2.05, 4.69) is 38.2 Å². The average molecular weight is 362 g/mol. The second-order valence-corrected chi connectivity index (χ2v) is 8.31. The number of rotatable bonds is 4. The number of anilines is 1. The Morgan fingerprint density at radius 1 is 0.808 bits per heavy atom. The zero-order chi connectivity index (χ0) is 18.6.